The van der Waals surface area contributed by atoms with Crippen LogP contribution in [0.15, 0.2) is 29.6 Å². The Balaban J connectivity index is 2.10. The number of methoxy groups -OCH3 is 2. The van der Waals surface area contributed by atoms with Gasteiger partial charge < -0.3 is 19.7 Å². The molecule has 3 rings (SSSR count). The molecule has 1 amide bonds. The summed E-state index contributed by atoms with van der Waals surface area (Å²) in [5, 5.41) is 5.01. The van der Waals surface area contributed by atoms with Crippen LogP contribution in [0.25, 0.3) is 0 Å². The molecule has 2 heterocycles. The molecule has 0 radical (unpaired) electrons. The number of benzene rings is 1. The number of ether oxygens (including phenoxy) is 2. The molecular weight excluding hydrogens is 324 g/mol. The molecule has 0 bridgehead atoms. The average molecular weight is 346 g/mol. The number of nitrogens with zero attached hydrogens (tertiary/aromatic N) is 1. The molecule has 0 saturated carbocycles. The summed E-state index contributed by atoms with van der Waals surface area (Å²) in [6.07, 6.45) is 0.813. The molecule has 1 aliphatic heterocycles. The Morgan fingerprint density at radius 3 is 2.71 bits per heavy atom. The van der Waals surface area contributed by atoms with Gasteiger partial charge in [-0.1, -0.05) is 6.07 Å². The Bertz CT molecular complexity index is 715. The summed E-state index contributed by atoms with van der Waals surface area (Å²) >= 11 is 1.67. The van der Waals surface area contributed by atoms with E-state index in [2.05, 4.69) is 11.4 Å². The second kappa shape index (κ2) is 7.23. The number of nitrogens with one attached hydrogen (secondary N) is 1. The maximum Gasteiger partial charge on any atom is 0.237 e. The largest absolute Gasteiger partial charge is 0.493 e. The molecule has 1 unspecified atom stereocenters. The van der Waals surface area contributed by atoms with Crippen LogP contribution in [0.1, 0.15) is 22.0 Å². The van der Waals surface area contributed by atoms with Crippen LogP contribution in [-0.4, -0.2) is 45.2 Å². The number of likely N-dealkylation sites (N-methyl/N-ethyl adjacent to an activating group) is 1. The summed E-state index contributed by atoms with van der Waals surface area (Å²) in [7, 11) is 5.08. The van der Waals surface area contributed by atoms with Gasteiger partial charge in [-0.3, -0.25) is 4.79 Å². The summed E-state index contributed by atoms with van der Waals surface area (Å²) in [6, 6.07) is 8.08. The van der Waals surface area contributed by atoms with Crippen molar-refractivity contribution in [3.8, 4) is 11.5 Å². The molecule has 0 aliphatic carbocycles. The third-order valence-corrected chi connectivity index (χ3v) is 5.26. The highest BCUT2D eigenvalue weighted by molar-refractivity contribution is 7.10. The van der Waals surface area contributed by atoms with Crippen LogP contribution in [0.2, 0.25) is 0 Å². The van der Waals surface area contributed by atoms with E-state index in [1.807, 2.05) is 28.5 Å². The van der Waals surface area contributed by atoms with Gasteiger partial charge in [-0.2, -0.15) is 0 Å². The Hall–Kier alpha value is -2.05. The van der Waals surface area contributed by atoms with Gasteiger partial charge in [-0.15, -0.1) is 11.3 Å². The van der Waals surface area contributed by atoms with Gasteiger partial charge in [0.1, 0.15) is 0 Å². The first-order valence-electron chi connectivity index (χ1n) is 7.91. The van der Waals surface area contributed by atoms with Crippen LogP contribution < -0.4 is 14.8 Å². The lowest BCUT2D eigenvalue weighted by atomic mass is 9.90. The highest BCUT2D eigenvalue weighted by atomic mass is 32.1. The van der Waals surface area contributed by atoms with Crippen LogP contribution in [0.5, 0.6) is 11.5 Å². The Labute approximate surface area is 146 Å². The molecule has 1 aromatic heterocycles. The fourth-order valence-electron chi connectivity index (χ4n) is 3.22. The highest BCUT2D eigenvalue weighted by Gasteiger charge is 2.33. The molecule has 24 heavy (non-hydrogen) atoms. The van der Waals surface area contributed by atoms with Gasteiger partial charge in [0.25, 0.3) is 0 Å². The third kappa shape index (κ3) is 2.99. The molecule has 2 aromatic rings. The van der Waals surface area contributed by atoms with Crippen molar-refractivity contribution in [2.45, 2.75) is 12.5 Å². The SMILES string of the molecule is CNCC(=O)N1CCc2cc(OC)c(OC)cc2C1c1cccs1. The zero-order valence-corrected chi connectivity index (χ0v) is 15.0. The van der Waals surface area contributed by atoms with Gasteiger partial charge in [0.2, 0.25) is 5.91 Å². The van der Waals surface area contributed by atoms with Crippen molar-refractivity contribution in [2.75, 3.05) is 34.4 Å². The summed E-state index contributed by atoms with van der Waals surface area (Å²) in [5.74, 6) is 1.54. The number of fused-ring (bicyclic) bond motifs is 1. The van der Waals surface area contributed by atoms with Gasteiger partial charge in [-0.25, -0.2) is 0 Å². The summed E-state index contributed by atoms with van der Waals surface area (Å²) in [4.78, 5) is 15.7. The van der Waals surface area contributed by atoms with Gasteiger partial charge in [0.05, 0.1) is 26.8 Å². The Kier molecular flexibility index (Phi) is 5.06. The van der Waals surface area contributed by atoms with E-state index in [0.717, 1.165) is 22.6 Å². The Morgan fingerprint density at radius 2 is 2.08 bits per heavy atom. The minimum Gasteiger partial charge on any atom is -0.493 e. The summed E-state index contributed by atoms with van der Waals surface area (Å²) in [5.41, 5.74) is 2.32. The van der Waals surface area contributed by atoms with Crippen molar-refractivity contribution in [3.63, 3.8) is 0 Å². The van der Waals surface area contributed by atoms with Crippen LogP contribution in [0.4, 0.5) is 0 Å². The monoisotopic (exact) mass is 346 g/mol. The number of thiophene rings is 1. The lowest BCUT2D eigenvalue weighted by Crippen LogP contribution is -2.43. The van der Waals surface area contributed by atoms with Crippen LogP contribution in [0, 0.1) is 0 Å². The van der Waals surface area contributed by atoms with Crippen LogP contribution in [-0.2, 0) is 11.2 Å². The van der Waals surface area contributed by atoms with Crippen molar-refractivity contribution >= 4 is 17.2 Å². The number of amides is 1. The van der Waals surface area contributed by atoms with Crippen molar-refractivity contribution in [2.24, 2.45) is 0 Å². The van der Waals surface area contributed by atoms with Gasteiger partial charge in [-0.05, 0) is 48.2 Å². The maximum atomic E-state index is 12.6. The van der Waals surface area contributed by atoms with E-state index in [1.165, 1.54) is 5.56 Å². The van der Waals surface area contributed by atoms with Crippen LogP contribution >= 0.6 is 11.3 Å². The predicted molar refractivity (Wildman–Crippen MR) is 95.1 cm³/mol. The standard InChI is InChI=1S/C18H22N2O3S/c1-19-11-17(21)20-7-6-12-9-14(22-2)15(23-3)10-13(12)18(20)16-5-4-8-24-16/h4-5,8-10,18-19H,6-7,11H2,1-3H3. The van der Waals surface area contributed by atoms with E-state index in [4.69, 9.17) is 9.47 Å². The molecule has 1 aromatic carbocycles. The highest BCUT2D eigenvalue weighted by Crippen LogP contribution is 2.42. The smallest absolute Gasteiger partial charge is 0.237 e. The van der Waals surface area contributed by atoms with Gasteiger partial charge in [0.15, 0.2) is 11.5 Å². The van der Waals surface area contributed by atoms with E-state index in [9.17, 15) is 4.79 Å². The molecule has 5 nitrogen and oxygen atoms in total. The van der Waals surface area contributed by atoms with E-state index in [1.54, 1.807) is 32.6 Å². The molecule has 0 fully saturated rings. The van der Waals surface area contributed by atoms with Crippen LogP contribution in [0.3, 0.4) is 0 Å². The predicted octanol–water partition coefficient (Wildman–Crippen LogP) is 2.46. The van der Waals surface area contributed by atoms with E-state index in [-0.39, 0.29) is 11.9 Å². The second-order valence-electron chi connectivity index (χ2n) is 5.69. The fraction of sp³-hybridized carbons (Fsp3) is 0.389. The number of hydrogen-bond donors (Lipinski definition) is 1. The molecule has 1 aliphatic rings. The molecular formula is C18H22N2O3S. The minimum absolute atomic E-state index is 0.0746. The number of hydrogen-bond acceptors (Lipinski definition) is 5. The second-order valence-corrected chi connectivity index (χ2v) is 6.67. The quantitative estimate of drug-likeness (QED) is 0.904. The first kappa shape index (κ1) is 16.8. The third-order valence-electron chi connectivity index (χ3n) is 4.33. The average Bonchev–Trinajstić information content (AvgIpc) is 3.13. The molecule has 6 heteroatoms. The zero-order valence-electron chi connectivity index (χ0n) is 14.2. The number of rotatable bonds is 5. The number of carbonyl (C=O) groups is 1. The van der Waals surface area contributed by atoms with Crippen molar-refractivity contribution < 1.29 is 14.3 Å². The lowest BCUT2D eigenvalue weighted by Gasteiger charge is -2.37. The lowest BCUT2D eigenvalue weighted by molar-refractivity contribution is -0.132. The fourth-order valence-corrected chi connectivity index (χ4v) is 4.08. The van der Waals surface area contributed by atoms with E-state index in [0.29, 0.717) is 18.8 Å². The van der Waals surface area contributed by atoms with E-state index < -0.39 is 0 Å². The van der Waals surface area contributed by atoms with Gasteiger partial charge in [0, 0.05) is 11.4 Å². The zero-order chi connectivity index (χ0) is 17.1. The molecule has 0 spiro atoms. The Morgan fingerprint density at radius 1 is 1.33 bits per heavy atom. The summed E-state index contributed by atoms with van der Waals surface area (Å²) in [6.45, 7) is 1.04. The molecule has 0 saturated heterocycles. The van der Waals surface area contributed by atoms with Gasteiger partial charge >= 0.3 is 0 Å². The van der Waals surface area contributed by atoms with Crippen molar-refractivity contribution in [1.29, 1.82) is 0 Å². The maximum absolute atomic E-state index is 12.6. The topological polar surface area (TPSA) is 50.8 Å². The first-order valence-corrected chi connectivity index (χ1v) is 8.79. The first-order chi connectivity index (χ1) is 11.7. The normalized spacial score (nSPS) is 16.6. The minimum atomic E-state index is -0.0746. The van der Waals surface area contributed by atoms with Crippen molar-refractivity contribution in [3.05, 3.63) is 45.6 Å². The summed E-state index contributed by atoms with van der Waals surface area (Å²) < 4.78 is 10.9. The molecule has 1 N–H and O–H groups in total. The number of carbonyl (C=O) groups excluding carboxylic acids is 1. The van der Waals surface area contributed by atoms with Crippen molar-refractivity contribution in [1.82, 2.24) is 10.2 Å². The molecule has 1 atom stereocenters. The molecule has 128 valence electrons. The van der Waals surface area contributed by atoms with E-state index >= 15 is 0 Å².